The fourth-order valence-electron chi connectivity index (χ4n) is 1.53. The Kier molecular flexibility index (Phi) is 6.08. The van der Waals surface area contributed by atoms with E-state index in [9.17, 15) is 4.79 Å². The average molecular weight is 337 g/mol. The van der Waals surface area contributed by atoms with Crippen molar-refractivity contribution in [3.8, 4) is 0 Å². The van der Waals surface area contributed by atoms with E-state index in [0.717, 1.165) is 0 Å². The van der Waals surface area contributed by atoms with Crippen molar-refractivity contribution in [1.29, 1.82) is 0 Å². The summed E-state index contributed by atoms with van der Waals surface area (Å²) in [5.41, 5.74) is 0.473. The maximum atomic E-state index is 12.1. The van der Waals surface area contributed by atoms with Crippen LogP contribution in [0.1, 0.15) is 17.3 Å². The van der Waals surface area contributed by atoms with Gasteiger partial charge in [0.2, 0.25) is 0 Å². The van der Waals surface area contributed by atoms with E-state index in [1.807, 2.05) is 0 Å². The molecule has 1 amide bonds. The molecule has 18 heavy (non-hydrogen) atoms. The van der Waals surface area contributed by atoms with Crippen LogP contribution in [0.25, 0.3) is 0 Å². The number of halogens is 2. The van der Waals surface area contributed by atoms with Gasteiger partial charge in [-0.2, -0.15) is 0 Å². The van der Waals surface area contributed by atoms with Crippen LogP contribution in [0, 0.1) is 0 Å². The van der Waals surface area contributed by atoms with Crippen molar-refractivity contribution in [1.82, 2.24) is 5.32 Å². The first kappa shape index (κ1) is 15.4. The second-order valence-corrected chi connectivity index (χ2v) is 5.02. The number of amides is 1. The van der Waals surface area contributed by atoms with E-state index in [1.54, 1.807) is 25.1 Å². The van der Waals surface area contributed by atoms with Gasteiger partial charge in [0.1, 0.15) is 0 Å². The number of nitrogens with one attached hydrogen (secondary N) is 1. The van der Waals surface area contributed by atoms with Gasteiger partial charge >= 0.3 is 0 Å². The molecule has 0 saturated carbocycles. The molecule has 0 fully saturated rings. The van der Waals surface area contributed by atoms with E-state index in [-0.39, 0.29) is 11.9 Å². The Balaban J connectivity index is 2.79. The molecule has 1 aromatic rings. The zero-order valence-electron chi connectivity index (χ0n) is 10.4. The fourth-order valence-corrected chi connectivity index (χ4v) is 2.13. The van der Waals surface area contributed by atoms with Gasteiger partial charge in [0.15, 0.2) is 6.29 Å². The van der Waals surface area contributed by atoms with E-state index in [1.165, 1.54) is 14.2 Å². The summed E-state index contributed by atoms with van der Waals surface area (Å²) >= 11 is 9.17. The lowest BCUT2D eigenvalue weighted by Gasteiger charge is -2.22. The highest BCUT2D eigenvalue weighted by Crippen LogP contribution is 2.21. The highest BCUT2D eigenvalue weighted by Gasteiger charge is 2.20. The number of methoxy groups -OCH3 is 2. The van der Waals surface area contributed by atoms with Crippen molar-refractivity contribution in [3.63, 3.8) is 0 Å². The number of hydrogen-bond acceptors (Lipinski definition) is 3. The molecule has 1 N–H and O–H groups in total. The van der Waals surface area contributed by atoms with E-state index in [4.69, 9.17) is 21.1 Å². The highest BCUT2D eigenvalue weighted by molar-refractivity contribution is 9.10. The third kappa shape index (κ3) is 3.95. The van der Waals surface area contributed by atoms with Gasteiger partial charge in [-0.15, -0.1) is 0 Å². The van der Waals surface area contributed by atoms with E-state index < -0.39 is 6.29 Å². The zero-order chi connectivity index (χ0) is 13.7. The molecule has 6 heteroatoms. The van der Waals surface area contributed by atoms with Gasteiger partial charge in [0.05, 0.1) is 11.6 Å². The Bertz CT molecular complexity index is 424. The van der Waals surface area contributed by atoms with Crippen LogP contribution in [0.2, 0.25) is 5.02 Å². The maximum absolute atomic E-state index is 12.1. The number of rotatable bonds is 5. The molecular weight excluding hydrogens is 321 g/mol. The Hall–Kier alpha value is -0.620. The minimum atomic E-state index is -0.494. The molecule has 100 valence electrons. The topological polar surface area (TPSA) is 47.6 Å². The third-order valence-corrected chi connectivity index (χ3v) is 3.33. The van der Waals surface area contributed by atoms with Crippen LogP contribution in [0.5, 0.6) is 0 Å². The number of hydrogen-bond donors (Lipinski definition) is 1. The summed E-state index contributed by atoms with van der Waals surface area (Å²) in [6.07, 6.45) is -0.494. The molecule has 0 aliphatic heterocycles. The maximum Gasteiger partial charge on any atom is 0.252 e. The smallest absolute Gasteiger partial charge is 0.252 e. The van der Waals surface area contributed by atoms with Gasteiger partial charge in [-0.3, -0.25) is 4.79 Å². The van der Waals surface area contributed by atoms with Crippen LogP contribution >= 0.6 is 27.5 Å². The summed E-state index contributed by atoms with van der Waals surface area (Å²) < 4.78 is 10.8. The fraction of sp³-hybridized carbons (Fsp3) is 0.417. The van der Waals surface area contributed by atoms with Gasteiger partial charge < -0.3 is 14.8 Å². The van der Waals surface area contributed by atoms with Crippen molar-refractivity contribution in [2.24, 2.45) is 0 Å². The molecule has 1 aromatic carbocycles. The predicted molar refractivity (Wildman–Crippen MR) is 73.9 cm³/mol. The second kappa shape index (κ2) is 7.09. The minimum Gasteiger partial charge on any atom is -0.354 e. The summed E-state index contributed by atoms with van der Waals surface area (Å²) in [5.74, 6) is -0.240. The summed E-state index contributed by atoms with van der Waals surface area (Å²) in [7, 11) is 3.04. The molecule has 0 heterocycles. The van der Waals surface area contributed by atoms with E-state index in [2.05, 4.69) is 21.2 Å². The van der Waals surface area contributed by atoms with Crippen molar-refractivity contribution in [3.05, 3.63) is 33.3 Å². The van der Waals surface area contributed by atoms with E-state index in [0.29, 0.717) is 15.1 Å². The van der Waals surface area contributed by atoms with Crippen molar-refractivity contribution >= 4 is 33.4 Å². The summed E-state index contributed by atoms with van der Waals surface area (Å²) in [6, 6.07) is 4.76. The first-order valence-corrected chi connectivity index (χ1v) is 6.48. The zero-order valence-corrected chi connectivity index (χ0v) is 12.7. The van der Waals surface area contributed by atoms with Crippen LogP contribution in [-0.4, -0.2) is 32.5 Å². The van der Waals surface area contributed by atoms with Crippen LogP contribution in [0.3, 0.4) is 0 Å². The van der Waals surface area contributed by atoms with Crippen molar-refractivity contribution < 1.29 is 14.3 Å². The molecule has 0 aliphatic rings. The molecule has 0 bridgehead atoms. The lowest BCUT2D eigenvalue weighted by atomic mass is 10.2. The number of carbonyl (C=O) groups excluding carboxylic acids is 1. The minimum absolute atomic E-state index is 0.240. The Morgan fingerprint density at radius 3 is 2.56 bits per heavy atom. The Morgan fingerprint density at radius 1 is 1.39 bits per heavy atom. The van der Waals surface area contributed by atoms with Gasteiger partial charge in [0, 0.05) is 23.7 Å². The molecule has 1 atom stereocenters. The molecule has 1 unspecified atom stereocenters. The number of ether oxygens (including phenoxy) is 2. The lowest BCUT2D eigenvalue weighted by Crippen LogP contribution is -2.43. The molecule has 0 aromatic heterocycles. The van der Waals surface area contributed by atoms with Crippen molar-refractivity contribution in [2.75, 3.05) is 14.2 Å². The lowest BCUT2D eigenvalue weighted by molar-refractivity contribution is -0.117. The standard InChI is InChI=1S/C12H15BrClNO3/c1-7(12(17-2)18-3)15-11(16)9-6-8(14)4-5-10(9)13/h4-7,12H,1-3H3,(H,15,16). The average Bonchev–Trinajstić information content (AvgIpc) is 2.33. The molecule has 0 saturated heterocycles. The van der Waals surface area contributed by atoms with Crippen LogP contribution in [-0.2, 0) is 9.47 Å². The molecule has 1 rings (SSSR count). The predicted octanol–water partition coefficient (Wildman–Crippen LogP) is 2.84. The quantitative estimate of drug-likeness (QED) is 0.841. The largest absolute Gasteiger partial charge is 0.354 e. The normalized spacial score (nSPS) is 12.6. The summed E-state index contributed by atoms with van der Waals surface area (Å²) in [5, 5.41) is 3.29. The van der Waals surface area contributed by atoms with Gasteiger partial charge in [-0.25, -0.2) is 0 Å². The Labute approximate surface area is 120 Å². The molecule has 0 aliphatic carbocycles. The molecular formula is C12H15BrClNO3. The van der Waals surface area contributed by atoms with Crippen LogP contribution in [0.15, 0.2) is 22.7 Å². The second-order valence-electron chi connectivity index (χ2n) is 3.73. The van der Waals surface area contributed by atoms with Crippen LogP contribution in [0.4, 0.5) is 0 Å². The molecule has 4 nitrogen and oxygen atoms in total. The molecule has 0 spiro atoms. The number of carbonyl (C=O) groups is 1. The molecule has 0 radical (unpaired) electrons. The van der Waals surface area contributed by atoms with E-state index >= 15 is 0 Å². The van der Waals surface area contributed by atoms with Crippen LogP contribution < -0.4 is 5.32 Å². The third-order valence-electron chi connectivity index (χ3n) is 2.40. The van der Waals surface area contributed by atoms with Gasteiger partial charge in [-0.1, -0.05) is 11.6 Å². The first-order chi connectivity index (χ1) is 8.49. The Morgan fingerprint density at radius 2 is 2.00 bits per heavy atom. The number of benzene rings is 1. The summed E-state index contributed by atoms with van der Waals surface area (Å²) in [4.78, 5) is 12.1. The van der Waals surface area contributed by atoms with Crippen molar-refractivity contribution in [2.45, 2.75) is 19.3 Å². The SMILES string of the molecule is COC(OC)C(C)NC(=O)c1cc(Cl)ccc1Br. The first-order valence-electron chi connectivity index (χ1n) is 5.31. The summed E-state index contributed by atoms with van der Waals surface area (Å²) in [6.45, 7) is 1.80. The monoisotopic (exact) mass is 335 g/mol. The highest BCUT2D eigenvalue weighted by atomic mass is 79.9. The van der Waals surface area contributed by atoms with Gasteiger partial charge in [-0.05, 0) is 41.1 Å². The van der Waals surface area contributed by atoms with Gasteiger partial charge in [0.25, 0.3) is 5.91 Å².